The molecule has 1 aliphatic rings. The number of piperazine rings is 1. The lowest BCUT2D eigenvalue weighted by Crippen LogP contribution is -2.49. The van der Waals surface area contributed by atoms with Crippen molar-refractivity contribution in [2.24, 2.45) is 0 Å². The Morgan fingerprint density at radius 1 is 1.17 bits per heavy atom. The molecule has 3 aromatic rings. The van der Waals surface area contributed by atoms with Gasteiger partial charge in [-0.15, -0.1) is 0 Å². The van der Waals surface area contributed by atoms with Crippen LogP contribution < -0.4 is 10.2 Å². The number of aryl methyl sites for hydroxylation is 1. The van der Waals surface area contributed by atoms with Crippen LogP contribution in [0.3, 0.4) is 0 Å². The zero-order valence-corrected chi connectivity index (χ0v) is 17.7. The van der Waals surface area contributed by atoms with Gasteiger partial charge in [0.05, 0.1) is 24.0 Å². The minimum absolute atomic E-state index is 0.0288. The standard InChI is InChI=1S/C20H25N7OS/c1-13(2)20-21-14(3)11-17(23-20)27-9-7-26(8-10-27)12-18(28)22-15-5-4-6-16-19(15)25-29-24-16/h4-6,11,13H,7-10,12H2,1-3H3,(H,22,28). The van der Waals surface area contributed by atoms with E-state index in [0.717, 1.165) is 72.0 Å². The Morgan fingerprint density at radius 2 is 1.97 bits per heavy atom. The highest BCUT2D eigenvalue weighted by Crippen LogP contribution is 2.21. The van der Waals surface area contributed by atoms with Crippen LogP contribution in [0.25, 0.3) is 11.0 Å². The SMILES string of the molecule is Cc1cc(N2CCN(CC(=O)Nc3cccc4nsnc34)CC2)nc(C(C)C)n1. The van der Waals surface area contributed by atoms with Gasteiger partial charge >= 0.3 is 0 Å². The third-order valence-electron chi connectivity index (χ3n) is 5.00. The summed E-state index contributed by atoms with van der Waals surface area (Å²) in [7, 11) is 0. The summed E-state index contributed by atoms with van der Waals surface area (Å²) in [6.07, 6.45) is 0. The topological polar surface area (TPSA) is 87.1 Å². The van der Waals surface area contributed by atoms with Crippen molar-refractivity contribution >= 4 is 40.2 Å². The molecule has 9 heteroatoms. The molecule has 2 aromatic heterocycles. The van der Waals surface area contributed by atoms with Crippen molar-refractivity contribution in [2.45, 2.75) is 26.7 Å². The maximum Gasteiger partial charge on any atom is 0.238 e. The van der Waals surface area contributed by atoms with Gasteiger partial charge in [-0.3, -0.25) is 9.69 Å². The van der Waals surface area contributed by atoms with Gasteiger partial charge in [0.25, 0.3) is 0 Å². The van der Waals surface area contributed by atoms with Crippen LogP contribution in [-0.2, 0) is 4.79 Å². The van der Waals surface area contributed by atoms with Gasteiger partial charge < -0.3 is 10.2 Å². The van der Waals surface area contributed by atoms with E-state index in [0.29, 0.717) is 12.5 Å². The molecule has 0 unspecified atom stereocenters. The predicted octanol–water partition coefficient (Wildman–Crippen LogP) is 2.67. The lowest BCUT2D eigenvalue weighted by molar-refractivity contribution is -0.117. The van der Waals surface area contributed by atoms with Crippen molar-refractivity contribution in [1.29, 1.82) is 0 Å². The van der Waals surface area contributed by atoms with Gasteiger partial charge in [-0.25, -0.2) is 9.97 Å². The first kappa shape index (κ1) is 19.7. The Labute approximate surface area is 174 Å². The number of benzene rings is 1. The fourth-order valence-corrected chi connectivity index (χ4v) is 3.98. The summed E-state index contributed by atoms with van der Waals surface area (Å²) in [6, 6.07) is 7.68. The molecule has 152 valence electrons. The maximum absolute atomic E-state index is 12.5. The molecule has 8 nitrogen and oxygen atoms in total. The number of hydrogen-bond donors (Lipinski definition) is 1. The van der Waals surface area contributed by atoms with Crippen molar-refractivity contribution in [3.63, 3.8) is 0 Å². The Kier molecular flexibility index (Phi) is 5.68. The average molecular weight is 412 g/mol. The van der Waals surface area contributed by atoms with E-state index in [4.69, 9.17) is 4.98 Å². The van der Waals surface area contributed by atoms with Crippen molar-refractivity contribution in [2.75, 3.05) is 42.9 Å². The minimum Gasteiger partial charge on any atom is -0.354 e. The number of anilines is 2. The summed E-state index contributed by atoms with van der Waals surface area (Å²) >= 11 is 1.15. The van der Waals surface area contributed by atoms with Crippen molar-refractivity contribution in [3.8, 4) is 0 Å². The average Bonchev–Trinajstić information content (AvgIpc) is 3.18. The molecule has 0 bridgehead atoms. The molecule has 0 spiro atoms. The molecule has 29 heavy (non-hydrogen) atoms. The highest BCUT2D eigenvalue weighted by atomic mass is 32.1. The summed E-state index contributed by atoms with van der Waals surface area (Å²) in [5.41, 5.74) is 3.27. The maximum atomic E-state index is 12.5. The van der Waals surface area contributed by atoms with Crippen LogP contribution in [0.2, 0.25) is 0 Å². The van der Waals surface area contributed by atoms with Gasteiger partial charge in [0.15, 0.2) is 0 Å². The number of nitrogens with zero attached hydrogens (tertiary/aromatic N) is 6. The molecule has 0 atom stereocenters. The zero-order valence-electron chi connectivity index (χ0n) is 16.9. The van der Waals surface area contributed by atoms with E-state index in [-0.39, 0.29) is 5.91 Å². The van der Waals surface area contributed by atoms with Crippen LogP contribution >= 0.6 is 11.7 Å². The van der Waals surface area contributed by atoms with Crippen LogP contribution in [0, 0.1) is 6.92 Å². The van der Waals surface area contributed by atoms with Crippen molar-refractivity contribution < 1.29 is 4.79 Å². The van der Waals surface area contributed by atoms with Crippen molar-refractivity contribution in [3.05, 3.63) is 35.8 Å². The fraction of sp³-hybridized carbons (Fsp3) is 0.450. The first-order valence-corrected chi connectivity index (χ1v) is 10.6. The van der Waals surface area contributed by atoms with Gasteiger partial charge in [-0.2, -0.15) is 8.75 Å². The van der Waals surface area contributed by atoms with E-state index >= 15 is 0 Å². The molecule has 0 aliphatic carbocycles. The Balaban J connectivity index is 1.34. The largest absolute Gasteiger partial charge is 0.354 e. The molecule has 1 saturated heterocycles. The summed E-state index contributed by atoms with van der Waals surface area (Å²) in [6.45, 7) is 9.90. The van der Waals surface area contributed by atoms with E-state index in [1.165, 1.54) is 0 Å². The number of carbonyl (C=O) groups is 1. The summed E-state index contributed by atoms with van der Waals surface area (Å²) in [5, 5.41) is 2.98. The second-order valence-corrected chi connectivity index (χ2v) is 8.16. The molecule has 0 radical (unpaired) electrons. The van der Waals surface area contributed by atoms with Crippen molar-refractivity contribution in [1.82, 2.24) is 23.6 Å². The van der Waals surface area contributed by atoms with E-state index in [9.17, 15) is 4.79 Å². The Hall–Kier alpha value is -2.65. The van der Waals surface area contributed by atoms with Gasteiger partial charge in [-0.05, 0) is 19.1 Å². The van der Waals surface area contributed by atoms with Gasteiger partial charge in [0, 0.05) is 43.9 Å². The molecule has 1 aliphatic heterocycles. The van der Waals surface area contributed by atoms with Crippen LogP contribution in [0.15, 0.2) is 24.3 Å². The van der Waals surface area contributed by atoms with Crippen LogP contribution in [-0.4, -0.2) is 62.2 Å². The Morgan fingerprint density at radius 3 is 2.72 bits per heavy atom. The van der Waals surface area contributed by atoms with Gasteiger partial charge in [0.2, 0.25) is 5.91 Å². The molecule has 0 saturated carbocycles. The number of aromatic nitrogens is 4. The molecular weight excluding hydrogens is 386 g/mol. The number of carbonyl (C=O) groups excluding carboxylic acids is 1. The van der Waals surface area contributed by atoms with Crippen LogP contribution in [0.1, 0.15) is 31.3 Å². The lowest BCUT2D eigenvalue weighted by atomic mass is 10.2. The number of amides is 1. The summed E-state index contributed by atoms with van der Waals surface area (Å²) in [4.78, 5) is 26.2. The number of fused-ring (bicyclic) bond motifs is 1. The van der Waals surface area contributed by atoms with E-state index in [2.05, 4.69) is 42.7 Å². The Bertz CT molecular complexity index is 1010. The molecule has 4 rings (SSSR count). The quantitative estimate of drug-likeness (QED) is 0.691. The second-order valence-electron chi connectivity index (χ2n) is 7.63. The second kappa shape index (κ2) is 8.38. The number of hydrogen-bond acceptors (Lipinski definition) is 8. The third-order valence-corrected chi connectivity index (χ3v) is 5.54. The number of nitrogens with one attached hydrogen (secondary N) is 1. The highest BCUT2D eigenvalue weighted by Gasteiger charge is 2.21. The highest BCUT2D eigenvalue weighted by molar-refractivity contribution is 7.00. The smallest absolute Gasteiger partial charge is 0.238 e. The number of rotatable bonds is 5. The first-order chi connectivity index (χ1) is 14.0. The minimum atomic E-state index is -0.0288. The first-order valence-electron chi connectivity index (χ1n) is 9.83. The molecule has 1 fully saturated rings. The lowest BCUT2D eigenvalue weighted by Gasteiger charge is -2.35. The summed E-state index contributed by atoms with van der Waals surface area (Å²) in [5.74, 6) is 2.13. The molecule has 3 heterocycles. The van der Waals surface area contributed by atoms with Gasteiger partial charge in [0.1, 0.15) is 22.7 Å². The van der Waals surface area contributed by atoms with Crippen LogP contribution in [0.4, 0.5) is 11.5 Å². The van der Waals surface area contributed by atoms with Gasteiger partial charge in [-0.1, -0.05) is 19.9 Å². The van der Waals surface area contributed by atoms with E-state index in [1.54, 1.807) is 0 Å². The molecule has 1 N–H and O–H groups in total. The summed E-state index contributed by atoms with van der Waals surface area (Å²) < 4.78 is 8.49. The van der Waals surface area contributed by atoms with E-state index in [1.807, 2.05) is 31.2 Å². The van der Waals surface area contributed by atoms with Crippen LogP contribution in [0.5, 0.6) is 0 Å². The monoisotopic (exact) mass is 411 g/mol. The normalized spacial score (nSPS) is 15.2. The van der Waals surface area contributed by atoms with E-state index < -0.39 is 0 Å². The fourth-order valence-electron chi connectivity index (χ4n) is 3.43. The molecule has 1 aromatic carbocycles. The molecular formula is C20H25N7OS. The molecule has 1 amide bonds. The third kappa shape index (κ3) is 4.51. The zero-order chi connectivity index (χ0) is 20.4. The predicted molar refractivity (Wildman–Crippen MR) is 116 cm³/mol.